The summed E-state index contributed by atoms with van der Waals surface area (Å²) in [5, 5.41) is 9.66. The van der Waals surface area contributed by atoms with Crippen LogP contribution in [0.2, 0.25) is 0 Å². The highest BCUT2D eigenvalue weighted by Crippen LogP contribution is 2.15. The van der Waals surface area contributed by atoms with Crippen molar-refractivity contribution < 1.29 is 38.2 Å². The van der Waals surface area contributed by atoms with Crippen LogP contribution in [0.5, 0.6) is 0 Å². The Hall–Kier alpha value is -2.97. The number of hydrogen-bond acceptors (Lipinski definition) is 6. The summed E-state index contributed by atoms with van der Waals surface area (Å²) in [6.45, 7) is 4.71. The van der Waals surface area contributed by atoms with Crippen LogP contribution in [0.25, 0.3) is 0 Å². The van der Waals surface area contributed by atoms with E-state index in [4.69, 9.17) is 14.2 Å². The number of carboxylic acids is 1. The molecule has 0 aliphatic carbocycles. The minimum Gasteiger partial charge on any atom is -0.477 e. The Kier molecular flexibility index (Phi) is 45.3. The molecule has 2 atom stereocenters. The van der Waals surface area contributed by atoms with Crippen molar-refractivity contribution in [2.45, 2.75) is 244 Å². The normalized spacial score (nSPS) is 13.3. The molecule has 0 amide bonds. The highest BCUT2D eigenvalue weighted by atomic mass is 16.6. The first-order chi connectivity index (χ1) is 31.6. The van der Waals surface area contributed by atoms with E-state index in [-0.39, 0.29) is 36.2 Å². The van der Waals surface area contributed by atoms with Crippen LogP contribution in [-0.2, 0) is 28.6 Å². The Bertz CT molecular complexity index is 1250. The number of esters is 2. The Morgan fingerprint density at radius 1 is 0.477 bits per heavy atom. The van der Waals surface area contributed by atoms with E-state index in [0.717, 1.165) is 77.0 Å². The second-order valence-electron chi connectivity index (χ2n) is 19.2. The third kappa shape index (κ3) is 46.0. The number of carbonyl (C=O) groups is 3. The summed E-state index contributed by atoms with van der Waals surface area (Å²) >= 11 is 0. The average Bonchev–Trinajstić information content (AvgIpc) is 3.27. The molecule has 2 unspecified atom stereocenters. The Morgan fingerprint density at radius 2 is 0.877 bits per heavy atom. The van der Waals surface area contributed by atoms with Crippen molar-refractivity contribution in [1.29, 1.82) is 0 Å². The highest BCUT2D eigenvalue weighted by molar-refractivity contribution is 5.72. The lowest BCUT2D eigenvalue weighted by Gasteiger charge is -2.31. The number of allylic oxidation sites excluding steroid dienone is 10. The number of hydrogen-bond donors (Lipinski definition) is 1. The van der Waals surface area contributed by atoms with Gasteiger partial charge in [0.2, 0.25) is 0 Å². The zero-order chi connectivity index (χ0) is 47.7. The molecule has 8 nitrogen and oxygen atoms in total. The summed E-state index contributed by atoms with van der Waals surface area (Å²) in [6, 6.07) is -0.623. The predicted molar refractivity (Wildman–Crippen MR) is 275 cm³/mol. The summed E-state index contributed by atoms with van der Waals surface area (Å²) in [4.78, 5) is 37.2. The number of nitrogens with zero attached hydrogens (tertiary/aromatic N) is 1. The van der Waals surface area contributed by atoms with Gasteiger partial charge in [0.15, 0.2) is 12.1 Å². The fraction of sp³-hybridized carbons (Fsp3) is 0.772. The summed E-state index contributed by atoms with van der Waals surface area (Å²) < 4.78 is 17.3. The Labute approximate surface area is 400 Å². The molecule has 376 valence electrons. The van der Waals surface area contributed by atoms with Gasteiger partial charge in [0.25, 0.3) is 0 Å². The van der Waals surface area contributed by atoms with Crippen LogP contribution in [0.3, 0.4) is 0 Å². The molecule has 0 fully saturated rings. The van der Waals surface area contributed by atoms with Crippen molar-refractivity contribution in [3.63, 3.8) is 0 Å². The van der Waals surface area contributed by atoms with Crippen molar-refractivity contribution in [2.75, 3.05) is 41.0 Å². The molecule has 0 radical (unpaired) electrons. The minimum atomic E-state index is -0.880. The van der Waals surface area contributed by atoms with Crippen LogP contribution in [0.15, 0.2) is 60.8 Å². The SMILES string of the molecule is CCCCCCC/C=C/C=C/C=C/CCCCCCCC(=O)OC(COCCC(C(=O)O)[N+](C)(C)C)COC(=O)CCCCCCCCC/C=C/C/C=C/CCCCCCCCCCC. The zero-order valence-electron chi connectivity index (χ0n) is 42.9. The highest BCUT2D eigenvalue weighted by Gasteiger charge is 2.31. The van der Waals surface area contributed by atoms with E-state index >= 15 is 0 Å². The molecular formula is C57H102NO7+. The molecule has 0 rings (SSSR count). The van der Waals surface area contributed by atoms with E-state index < -0.39 is 18.1 Å². The fourth-order valence-corrected chi connectivity index (χ4v) is 7.77. The maximum absolute atomic E-state index is 12.8. The van der Waals surface area contributed by atoms with E-state index in [0.29, 0.717) is 19.3 Å². The third-order valence-corrected chi connectivity index (χ3v) is 12.0. The lowest BCUT2D eigenvalue weighted by atomic mass is 10.1. The standard InChI is InChI=1S/C57H101NO7/c1-6-8-10-12-14-16-18-20-22-24-26-27-28-29-30-32-33-35-37-39-41-43-45-47-55(59)64-52-53(51-63-50-49-54(57(61)62)58(3,4)5)65-56(60)48-46-44-42-40-38-36-34-31-25-23-21-19-17-15-13-11-9-7-2/h19,21,23,25-27,29-31,34,53-54H,6-18,20,22,24,28,32-33,35-52H2,1-5H3/p+1/b21-19+,25-23+,27-26+,30-29+,34-31+. The molecule has 0 heterocycles. The van der Waals surface area contributed by atoms with Crippen molar-refractivity contribution in [1.82, 2.24) is 0 Å². The summed E-state index contributed by atoms with van der Waals surface area (Å²) in [6.07, 6.45) is 59.9. The first-order valence-electron chi connectivity index (χ1n) is 26.9. The molecule has 1 N–H and O–H groups in total. The first kappa shape index (κ1) is 62.0. The smallest absolute Gasteiger partial charge is 0.362 e. The number of likely N-dealkylation sites (N-methyl/N-ethyl adjacent to an activating group) is 1. The number of ether oxygens (including phenoxy) is 3. The summed E-state index contributed by atoms with van der Waals surface area (Å²) in [5.41, 5.74) is 0. The molecule has 0 bridgehead atoms. The molecule has 0 spiro atoms. The maximum atomic E-state index is 12.8. The van der Waals surface area contributed by atoms with Crippen LogP contribution in [0.1, 0.15) is 232 Å². The van der Waals surface area contributed by atoms with Crippen molar-refractivity contribution in [2.24, 2.45) is 0 Å². The van der Waals surface area contributed by atoms with Crippen molar-refractivity contribution in [3.8, 4) is 0 Å². The maximum Gasteiger partial charge on any atom is 0.362 e. The molecule has 0 aromatic rings. The molecule has 0 saturated carbocycles. The number of unbranched alkanes of at least 4 members (excludes halogenated alkanes) is 26. The van der Waals surface area contributed by atoms with Gasteiger partial charge in [-0.15, -0.1) is 0 Å². The van der Waals surface area contributed by atoms with Gasteiger partial charge in [0, 0.05) is 19.3 Å². The monoisotopic (exact) mass is 913 g/mol. The van der Waals surface area contributed by atoms with Crippen LogP contribution in [0, 0.1) is 0 Å². The van der Waals surface area contributed by atoms with E-state index in [9.17, 15) is 19.5 Å². The van der Waals surface area contributed by atoms with Gasteiger partial charge in [0.05, 0.1) is 34.4 Å². The van der Waals surface area contributed by atoms with Crippen LogP contribution >= 0.6 is 0 Å². The van der Waals surface area contributed by atoms with Crippen molar-refractivity contribution in [3.05, 3.63) is 60.8 Å². The number of aliphatic carboxylic acids is 1. The molecule has 65 heavy (non-hydrogen) atoms. The molecular weight excluding hydrogens is 811 g/mol. The van der Waals surface area contributed by atoms with E-state index in [2.05, 4.69) is 74.6 Å². The molecule has 0 aliphatic heterocycles. The fourth-order valence-electron chi connectivity index (χ4n) is 7.77. The molecule has 0 aromatic heterocycles. The van der Waals surface area contributed by atoms with Gasteiger partial charge in [-0.1, -0.05) is 203 Å². The van der Waals surface area contributed by atoms with Gasteiger partial charge in [-0.2, -0.15) is 0 Å². The summed E-state index contributed by atoms with van der Waals surface area (Å²) in [5.74, 6) is -1.50. The first-order valence-corrected chi connectivity index (χ1v) is 26.9. The van der Waals surface area contributed by atoms with Gasteiger partial charge in [-0.25, -0.2) is 4.79 Å². The van der Waals surface area contributed by atoms with Gasteiger partial charge in [-0.3, -0.25) is 9.59 Å². The average molecular weight is 913 g/mol. The predicted octanol–water partition coefficient (Wildman–Crippen LogP) is 15.7. The lowest BCUT2D eigenvalue weighted by molar-refractivity contribution is -0.887. The van der Waals surface area contributed by atoms with Crippen LogP contribution < -0.4 is 0 Å². The molecule has 0 aromatic carbocycles. The minimum absolute atomic E-state index is 0.0485. The number of carbonyl (C=O) groups excluding carboxylic acids is 2. The van der Waals surface area contributed by atoms with E-state index in [1.54, 1.807) is 0 Å². The van der Waals surface area contributed by atoms with E-state index in [1.165, 1.54) is 122 Å². The van der Waals surface area contributed by atoms with Crippen molar-refractivity contribution >= 4 is 17.9 Å². The quantitative estimate of drug-likeness (QED) is 0.0213. The molecule has 8 heteroatoms. The zero-order valence-corrected chi connectivity index (χ0v) is 42.9. The molecule has 0 saturated heterocycles. The van der Waals surface area contributed by atoms with Gasteiger partial charge < -0.3 is 23.8 Å². The summed E-state index contributed by atoms with van der Waals surface area (Å²) in [7, 11) is 5.53. The lowest BCUT2D eigenvalue weighted by Crippen LogP contribution is -2.50. The van der Waals surface area contributed by atoms with E-state index in [1.807, 2.05) is 21.1 Å². The second kappa shape index (κ2) is 47.5. The number of quaternary nitrogens is 1. The van der Waals surface area contributed by atoms with Gasteiger partial charge >= 0.3 is 17.9 Å². The van der Waals surface area contributed by atoms with Gasteiger partial charge in [-0.05, 0) is 70.6 Å². The number of carboxylic acid groups (broad SMARTS) is 1. The van der Waals surface area contributed by atoms with Crippen LogP contribution in [0.4, 0.5) is 0 Å². The Balaban J connectivity index is 4.27. The largest absolute Gasteiger partial charge is 0.477 e. The third-order valence-electron chi connectivity index (χ3n) is 12.0. The van der Waals surface area contributed by atoms with Gasteiger partial charge in [0.1, 0.15) is 6.61 Å². The second-order valence-corrected chi connectivity index (χ2v) is 19.2. The van der Waals surface area contributed by atoms with Crippen LogP contribution in [-0.4, -0.2) is 80.6 Å². The molecule has 0 aliphatic rings. The topological polar surface area (TPSA) is 99.1 Å². The Morgan fingerprint density at radius 3 is 1.31 bits per heavy atom. The number of rotatable bonds is 48.